The minimum atomic E-state index is -0.0573. The van der Waals surface area contributed by atoms with Crippen molar-refractivity contribution in [3.63, 3.8) is 0 Å². The third-order valence-corrected chi connectivity index (χ3v) is 4.68. The quantitative estimate of drug-likeness (QED) is 0.198. The molecule has 0 radical (unpaired) electrons. The average molecular weight is 438 g/mol. The maximum absolute atomic E-state index is 12.3. The number of nitrogens with one attached hydrogen (secondary N) is 2. The number of rotatable bonds is 8. The number of anilines is 2. The molecule has 0 aliphatic carbocycles. The minimum absolute atomic E-state index is 0.0573. The maximum Gasteiger partial charge on any atom is 0.161 e. The standard InChI is InChI=1S/C15H15NO.C10H13FN2O2/c1-11(17)14-9-8-13(10-15(14)16-2)12-6-4-3-5-7-12;1-13(11)5-4-12-9-2-3-10(15)8(6-9)7-14/h3-10,16H,1-2H3;2-3,6-7,12,15H,4-5H2,1H3. The number of phenolic OH excluding ortho intramolecular Hbond substituents is 1. The van der Waals surface area contributed by atoms with Crippen molar-refractivity contribution in [2.75, 3.05) is 37.8 Å². The summed E-state index contributed by atoms with van der Waals surface area (Å²) in [5, 5.41) is 15.8. The Hall–Kier alpha value is -3.71. The summed E-state index contributed by atoms with van der Waals surface area (Å²) in [6.45, 7) is 2.26. The molecule has 0 aromatic heterocycles. The van der Waals surface area contributed by atoms with Gasteiger partial charge in [-0.25, -0.2) is 0 Å². The lowest BCUT2D eigenvalue weighted by Crippen LogP contribution is -2.17. The molecule has 168 valence electrons. The molecule has 0 bridgehead atoms. The number of phenols is 1. The van der Waals surface area contributed by atoms with Crippen LogP contribution in [0.3, 0.4) is 0 Å². The van der Waals surface area contributed by atoms with E-state index in [4.69, 9.17) is 0 Å². The molecule has 3 rings (SSSR count). The van der Waals surface area contributed by atoms with Gasteiger partial charge in [-0.2, -0.15) is 0 Å². The van der Waals surface area contributed by atoms with Gasteiger partial charge in [0.1, 0.15) is 5.75 Å². The fourth-order valence-corrected chi connectivity index (χ4v) is 2.98. The van der Waals surface area contributed by atoms with Gasteiger partial charge in [-0.3, -0.25) is 9.59 Å². The highest BCUT2D eigenvalue weighted by Crippen LogP contribution is 2.25. The molecule has 0 atom stereocenters. The van der Waals surface area contributed by atoms with E-state index in [1.165, 1.54) is 19.2 Å². The van der Waals surface area contributed by atoms with Gasteiger partial charge in [-0.1, -0.05) is 36.4 Å². The summed E-state index contributed by atoms with van der Waals surface area (Å²) < 4.78 is 12.3. The summed E-state index contributed by atoms with van der Waals surface area (Å²) in [5.74, 6) is 0.0205. The molecule has 0 spiro atoms. The first-order valence-corrected chi connectivity index (χ1v) is 10.1. The number of ketones is 1. The van der Waals surface area contributed by atoms with Crippen LogP contribution in [0, 0.1) is 0 Å². The van der Waals surface area contributed by atoms with Gasteiger partial charge in [0.05, 0.1) is 5.56 Å². The van der Waals surface area contributed by atoms with Crippen LogP contribution in [0.2, 0.25) is 0 Å². The van der Waals surface area contributed by atoms with Crippen molar-refractivity contribution in [2.45, 2.75) is 6.92 Å². The number of benzene rings is 3. The van der Waals surface area contributed by atoms with Crippen LogP contribution in [0.25, 0.3) is 11.1 Å². The highest BCUT2D eigenvalue weighted by Gasteiger charge is 2.07. The van der Waals surface area contributed by atoms with E-state index in [2.05, 4.69) is 22.8 Å². The Bertz CT molecular complexity index is 1040. The predicted molar refractivity (Wildman–Crippen MR) is 127 cm³/mol. The smallest absolute Gasteiger partial charge is 0.161 e. The van der Waals surface area contributed by atoms with Gasteiger partial charge in [-0.15, -0.1) is 9.60 Å². The second-order valence-electron chi connectivity index (χ2n) is 7.08. The number of nitrogens with zero attached hydrogens (tertiary/aromatic N) is 1. The zero-order valence-electron chi connectivity index (χ0n) is 18.4. The number of hydrogen-bond donors (Lipinski definition) is 3. The molecule has 0 unspecified atom stereocenters. The average Bonchev–Trinajstić information content (AvgIpc) is 2.80. The lowest BCUT2D eigenvalue weighted by atomic mass is 10.0. The van der Waals surface area contributed by atoms with Gasteiger partial charge < -0.3 is 15.7 Å². The highest BCUT2D eigenvalue weighted by atomic mass is 19.2. The Balaban J connectivity index is 0.000000229. The number of carbonyl (C=O) groups is 2. The SMILES string of the molecule is CN(F)CCNc1ccc(O)c(C=O)c1.CNc1cc(-c2ccccc2)ccc1C(C)=O. The van der Waals surface area contributed by atoms with Crippen molar-refractivity contribution < 1.29 is 19.2 Å². The Kier molecular flexibility index (Phi) is 9.38. The number of aromatic hydroxyl groups is 1. The minimum Gasteiger partial charge on any atom is -0.507 e. The van der Waals surface area contributed by atoms with Crippen LogP contribution >= 0.6 is 0 Å². The number of aldehydes is 1. The van der Waals surface area contributed by atoms with E-state index in [0.29, 0.717) is 23.6 Å². The Morgan fingerprint density at radius 3 is 2.38 bits per heavy atom. The first-order valence-electron chi connectivity index (χ1n) is 10.1. The summed E-state index contributed by atoms with van der Waals surface area (Å²) in [6.07, 6.45) is 0.571. The number of likely N-dealkylation sites (N-methyl/N-ethyl adjacent to an activating group) is 1. The number of halogens is 1. The van der Waals surface area contributed by atoms with Crippen molar-refractivity contribution in [2.24, 2.45) is 0 Å². The Morgan fingerprint density at radius 2 is 1.78 bits per heavy atom. The summed E-state index contributed by atoms with van der Waals surface area (Å²) in [5.41, 5.74) is 4.76. The topological polar surface area (TPSA) is 81.7 Å². The molecular weight excluding hydrogens is 409 g/mol. The van der Waals surface area contributed by atoms with Crippen LogP contribution in [0.15, 0.2) is 66.7 Å². The number of carbonyl (C=O) groups excluding carboxylic acids is 2. The molecule has 0 fully saturated rings. The van der Waals surface area contributed by atoms with Crippen LogP contribution in [-0.2, 0) is 0 Å². The molecule has 0 aliphatic heterocycles. The molecule has 3 N–H and O–H groups in total. The summed E-state index contributed by atoms with van der Waals surface area (Å²) in [6, 6.07) is 20.5. The second kappa shape index (κ2) is 12.2. The van der Waals surface area contributed by atoms with E-state index in [-0.39, 0.29) is 23.6 Å². The molecule has 0 saturated heterocycles. The van der Waals surface area contributed by atoms with Gasteiger partial charge in [0.2, 0.25) is 0 Å². The fraction of sp³-hybridized carbons (Fsp3) is 0.200. The third kappa shape index (κ3) is 7.21. The fourth-order valence-electron chi connectivity index (χ4n) is 2.98. The second-order valence-corrected chi connectivity index (χ2v) is 7.08. The Morgan fingerprint density at radius 1 is 1.06 bits per heavy atom. The molecular formula is C25H28FN3O3. The molecule has 0 saturated carbocycles. The van der Waals surface area contributed by atoms with Crippen LogP contribution in [0.5, 0.6) is 5.75 Å². The van der Waals surface area contributed by atoms with E-state index in [1.807, 2.05) is 43.4 Å². The van der Waals surface area contributed by atoms with Crippen molar-refractivity contribution in [1.29, 1.82) is 0 Å². The van der Waals surface area contributed by atoms with Gasteiger partial charge in [0.25, 0.3) is 0 Å². The van der Waals surface area contributed by atoms with Crippen molar-refractivity contribution in [1.82, 2.24) is 5.12 Å². The zero-order chi connectivity index (χ0) is 23.5. The first kappa shape index (κ1) is 24.6. The number of hydrogen-bond acceptors (Lipinski definition) is 6. The predicted octanol–water partition coefficient (Wildman–Crippen LogP) is 5.03. The van der Waals surface area contributed by atoms with Crippen molar-refractivity contribution in [3.8, 4) is 16.9 Å². The number of Topliss-reactive ketones (excluding diaryl/α,β-unsaturated/α-hetero) is 1. The molecule has 6 nitrogen and oxygen atoms in total. The lowest BCUT2D eigenvalue weighted by Gasteiger charge is -2.09. The van der Waals surface area contributed by atoms with Crippen LogP contribution in [0.1, 0.15) is 27.6 Å². The normalized spacial score (nSPS) is 10.2. The van der Waals surface area contributed by atoms with Crippen LogP contribution in [-0.4, -0.2) is 49.5 Å². The molecule has 3 aromatic carbocycles. The lowest BCUT2D eigenvalue weighted by molar-refractivity contribution is 0.0657. The van der Waals surface area contributed by atoms with E-state index in [1.54, 1.807) is 13.0 Å². The maximum atomic E-state index is 12.3. The zero-order valence-corrected chi connectivity index (χ0v) is 18.4. The molecule has 0 aliphatic rings. The third-order valence-electron chi connectivity index (χ3n) is 4.68. The van der Waals surface area contributed by atoms with Crippen LogP contribution < -0.4 is 10.6 Å². The molecule has 0 heterocycles. The molecule has 7 heteroatoms. The van der Waals surface area contributed by atoms with Gasteiger partial charge in [0, 0.05) is 44.1 Å². The van der Waals surface area contributed by atoms with E-state index < -0.39 is 0 Å². The molecule has 0 amide bonds. The summed E-state index contributed by atoms with van der Waals surface area (Å²) >= 11 is 0. The largest absolute Gasteiger partial charge is 0.507 e. The molecule has 32 heavy (non-hydrogen) atoms. The monoisotopic (exact) mass is 437 g/mol. The summed E-state index contributed by atoms with van der Waals surface area (Å²) in [4.78, 5) is 21.9. The van der Waals surface area contributed by atoms with E-state index in [9.17, 15) is 19.2 Å². The van der Waals surface area contributed by atoms with Crippen molar-refractivity contribution >= 4 is 23.4 Å². The van der Waals surface area contributed by atoms with E-state index >= 15 is 0 Å². The molecule has 3 aromatic rings. The van der Waals surface area contributed by atoms with Gasteiger partial charge in [-0.05, 0) is 48.4 Å². The summed E-state index contributed by atoms with van der Waals surface area (Å²) in [7, 11) is 3.16. The first-order chi connectivity index (χ1) is 15.3. The van der Waals surface area contributed by atoms with Crippen LogP contribution in [0.4, 0.5) is 15.9 Å². The van der Waals surface area contributed by atoms with Gasteiger partial charge >= 0.3 is 0 Å². The van der Waals surface area contributed by atoms with Crippen molar-refractivity contribution in [3.05, 3.63) is 77.9 Å². The van der Waals surface area contributed by atoms with Gasteiger partial charge in [0.15, 0.2) is 12.1 Å². The highest BCUT2D eigenvalue weighted by molar-refractivity contribution is 6.00. The van der Waals surface area contributed by atoms with E-state index in [0.717, 1.165) is 22.4 Å². The Labute approximate surface area is 187 Å².